The quantitative estimate of drug-likeness (QED) is 0.632. The summed E-state index contributed by atoms with van der Waals surface area (Å²) in [5, 5.41) is 0. The molecule has 0 aromatic heterocycles. The van der Waals surface area contributed by atoms with Gasteiger partial charge in [0.2, 0.25) is 0 Å². The van der Waals surface area contributed by atoms with Gasteiger partial charge in [0.15, 0.2) is 0 Å². The van der Waals surface area contributed by atoms with Gasteiger partial charge in [-0.25, -0.2) is 0 Å². The molecule has 0 aliphatic carbocycles. The lowest BCUT2D eigenvalue weighted by Crippen LogP contribution is -1.88. The molecule has 1 rings (SSSR count). The fraction of sp³-hybridized carbons (Fsp3) is 0.571. The summed E-state index contributed by atoms with van der Waals surface area (Å²) in [6, 6.07) is 8.83. The predicted molar refractivity (Wildman–Crippen MR) is 65.9 cm³/mol. The van der Waals surface area contributed by atoms with E-state index in [1.54, 1.807) is 0 Å². The Morgan fingerprint density at radius 3 is 2.07 bits per heavy atom. The van der Waals surface area contributed by atoms with E-state index in [1.165, 1.54) is 17.5 Å². The molecule has 0 saturated heterocycles. The highest BCUT2D eigenvalue weighted by Crippen LogP contribution is 2.15. The minimum absolute atomic E-state index is 0.654. The molecule has 0 aliphatic rings. The first-order valence-electron chi connectivity index (χ1n) is 5.74. The van der Waals surface area contributed by atoms with Gasteiger partial charge in [0, 0.05) is 0 Å². The van der Waals surface area contributed by atoms with Gasteiger partial charge < -0.3 is 0 Å². The lowest BCUT2D eigenvalue weighted by molar-refractivity contribution is 0.862. The zero-order valence-electron chi connectivity index (χ0n) is 10.3. The average molecular weight is 192 g/mol. The largest absolute Gasteiger partial charge is 0.0656 e. The van der Waals surface area contributed by atoms with Crippen molar-refractivity contribution in [2.24, 2.45) is 0 Å². The second-order valence-corrected chi connectivity index (χ2v) is 3.96. The smallest absolute Gasteiger partial charge is 0.0219 e. The van der Waals surface area contributed by atoms with Gasteiger partial charge in [0.05, 0.1) is 0 Å². The van der Waals surface area contributed by atoms with Gasteiger partial charge in [-0.2, -0.15) is 0 Å². The normalized spacial score (nSPS) is 9.57. The Kier molecular flexibility index (Phi) is 7.18. The average Bonchev–Trinajstić information content (AvgIpc) is 2.19. The second kappa shape index (κ2) is 7.61. The van der Waals surface area contributed by atoms with Gasteiger partial charge >= 0.3 is 0 Å². The van der Waals surface area contributed by atoms with E-state index >= 15 is 0 Å². The first-order chi connectivity index (χ1) is 6.65. The van der Waals surface area contributed by atoms with Crippen molar-refractivity contribution < 1.29 is 0 Å². The molecule has 0 radical (unpaired) electrons. The minimum Gasteiger partial charge on any atom is -0.0656 e. The molecule has 0 heterocycles. The molecule has 14 heavy (non-hydrogen) atoms. The molecule has 0 atom stereocenters. The fourth-order valence-corrected chi connectivity index (χ4v) is 1.17. The summed E-state index contributed by atoms with van der Waals surface area (Å²) in [6.07, 6.45) is 2.39. The summed E-state index contributed by atoms with van der Waals surface area (Å²) in [7, 11) is 0. The molecule has 0 heteroatoms. The summed E-state index contributed by atoms with van der Waals surface area (Å²) in [5.74, 6) is 0.654. The monoisotopic (exact) mass is 192 g/mol. The lowest BCUT2D eigenvalue weighted by Gasteiger charge is -2.05. The standard InChI is InChI=1S/C11H16.C3H8/c1-4-10-6-5-7-11(8-10)9(2)3;1-3-2/h5-9H,4H2,1-3H3;3H2,1-2H3. The van der Waals surface area contributed by atoms with Gasteiger partial charge in [0.1, 0.15) is 0 Å². The third kappa shape index (κ3) is 5.06. The van der Waals surface area contributed by atoms with Crippen molar-refractivity contribution in [3.63, 3.8) is 0 Å². The Hall–Kier alpha value is -0.780. The molecule has 1 aromatic rings. The number of aryl methyl sites for hydroxylation is 1. The van der Waals surface area contributed by atoms with Crippen LogP contribution in [0.1, 0.15) is 58.1 Å². The zero-order chi connectivity index (χ0) is 11.0. The topological polar surface area (TPSA) is 0 Å². The number of hydrogen-bond acceptors (Lipinski definition) is 0. The van der Waals surface area contributed by atoms with Crippen molar-refractivity contribution in [3.05, 3.63) is 35.4 Å². The first-order valence-corrected chi connectivity index (χ1v) is 5.74. The van der Waals surface area contributed by atoms with Crippen molar-refractivity contribution >= 4 is 0 Å². The van der Waals surface area contributed by atoms with Crippen LogP contribution in [0.2, 0.25) is 0 Å². The molecule has 0 saturated carbocycles. The second-order valence-electron chi connectivity index (χ2n) is 3.96. The van der Waals surface area contributed by atoms with Crippen LogP contribution in [0, 0.1) is 0 Å². The van der Waals surface area contributed by atoms with Crippen LogP contribution in [0.15, 0.2) is 24.3 Å². The summed E-state index contributed by atoms with van der Waals surface area (Å²) < 4.78 is 0. The van der Waals surface area contributed by atoms with E-state index in [4.69, 9.17) is 0 Å². The highest BCUT2D eigenvalue weighted by molar-refractivity contribution is 5.25. The van der Waals surface area contributed by atoms with Gasteiger partial charge in [-0.15, -0.1) is 0 Å². The summed E-state index contributed by atoms with van der Waals surface area (Å²) in [6.45, 7) is 10.9. The van der Waals surface area contributed by atoms with E-state index in [2.05, 4.69) is 58.9 Å². The van der Waals surface area contributed by atoms with Gasteiger partial charge in [-0.1, -0.05) is 65.3 Å². The number of hydrogen-bond donors (Lipinski definition) is 0. The molecule has 0 amide bonds. The Balaban J connectivity index is 0.000000500. The van der Waals surface area contributed by atoms with Crippen LogP contribution in [0.4, 0.5) is 0 Å². The molecule has 0 nitrogen and oxygen atoms in total. The van der Waals surface area contributed by atoms with Crippen molar-refractivity contribution in [1.82, 2.24) is 0 Å². The highest BCUT2D eigenvalue weighted by atomic mass is 14.0. The van der Waals surface area contributed by atoms with Crippen molar-refractivity contribution in [2.75, 3.05) is 0 Å². The van der Waals surface area contributed by atoms with Crippen LogP contribution in [0.5, 0.6) is 0 Å². The molecule has 1 aromatic carbocycles. The highest BCUT2D eigenvalue weighted by Gasteiger charge is 1.97. The maximum absolute atomic E-state index is 2.30. The van der Waals surface area contributed by atoms with Crippen LogP contribution in [-0.4, -0.2) is 0 Å². The molecule has 0 spiro atoms. The molecule has 0 unspecified atom stereocenters. The van der Waals surface area contributed by atoms with Gasteiger partial charge in [-0.3, -0.25) is 0 Å². The number of benzene rings is 1. The van der Waals surface area contributed by atoms with E-state index in [0.29, 0.717) is 5.92 Å². The minimum atomic E-state index is 0.654. The molecular weight excluding hydrogens is 168 g/mol. The maximum atomic E-state index is 2.30. The van der Waals surface area contributed by atoms with Gasteiger partial charge in [0.25, 0.3) is 0 Å². The molecule has 0 bridgehead atoms. The molecule has 0 fully saturated rings. The lowest BCUT2D eigenvalue weighted by atomic mass is 10.0. The molecule has 80 valence electrons. The Morgan fingerprint density at radius 2 is 1.64 bits per heavy atom. The third-order valence-electron chi connectivity index (χ3n) is 2.03. The van der Waals surface area contributed by atoms with E-state index < -0.39 is 0 Å². The zero-order valence-corrected chi connectivity index (χ0v) is 10.3. The Bertz CT molecular complexity index is 236. The summed E-state index contributed by atoms with van der Waals surface area (Å²) >= 11 is 0. The van der Waals surface area contributed by atoms with Crippen molar-refractivity contribution in [3.8, 4) is 0 Å². The van der Waals surface area contributed by atoms with Crippen molar-refractivity contribution in [2.45, 2.75) is 53.4 Å². The summed E-state index contributed by atoms with van der Waals surface area (Å²) in [5.41, 5.74) is 2.89. The fourth-order valence-electron chi connectivity index (χ4n) is 1.17. The van der Waals surface area contributed by atoms with Crippen LogP contribution in [0.25, 0.3) is 0 Å². The maximum Gasteiger partial charge on any atom is -0.0219 e. The molecule has 0 aliphatic heterocycles. The van der Waals surface area contributed by atoms with E-state index in [0.717, 1.165) is 6.42 Å². The van der Waals surface area contributed by atoms with Crippen LogP contribution in [0.3, 0.4) is 0 Å². The van der Waals surface area contributed by atoms with Crippen LogP contribution >= 0.6 is 0 Å². The van der Waals surface area contributed by atoms with Gasteiger partial charge in [-0.05, 0) is 23.5 Å². The van der Waals surface area contributed by atoms with Crippen molar-refractivity contribution in [1.29, 1.82) is 0 Å². The predicted octanol–water partition coefficient (Wildman–Crippen LogP) is 4.79. The molecular formula is C14H24. The SMILES string of the molecule is CCC.CCc1cccc(C(C)C)c1. The van der Waals surface area contributed by atoms with E-state index in [9.17, 15) is 0 Å². The van der Waals surface area contributed by atoms with Crippen LogP contribution < -0.4 is 0 Å². The molecule has 0 N–H and O–H groups in total. The Morgan fingerprint density at radius 1 is 1.07 bits per heavy atom. The third-order valence-corrected chi connectivity index (χ3v) is 2.03. The van der Waals surface area contributed by atoms with E-state index in [1.807, 2.05) is 0 Å². The summed E-state index contributed by atoms with van der Waals surface area (Å²) in [4.78, 5) is 0. The van der Waals surface area contributed by atoms with Crippen LogP contribution in [-0.2, 0) is 6.42 Å². The number of rotatable bonds is 2. The van der Waals surface area contributed by atoms with E-state index in [-0.39, 0.29) is 0 Å². The Labute approximate surface area is 89.4 Å². The first kappa shape index (κ1) is 13.2.